The van der Waals surface area contributed by atoms with E-state index in [0.717, 1.165) is 16.3 Å². The van der Waals surface area contributed by atoms with Gasteiger partial charge in [-0.2, -0.15) is 0 Å². The number of rotatable bonds is 12. The van der Waals surface area contributed by atoms with Crippen molar-refractivity contribution in [2.45, 2.75) is 70.3 Å². The first-order valence-electron chi connectivity index (χ1n) is 14.9. The quantitative estimate of drug-likeness (QED) is 0.237. The van der Waals surface area contributed by atoms with E-state index in [1.807, 2.05) is 57.2 Å². The van der Waals surface area contributed by atoms with E-state index in [2.05, 4.69) is 20.9 Å². The molecule has 12 heteroatoms. The highest BCUT2D eigenvalue weighted by Crippen LogP contribution is 2.25. The van der Waals surface area contributed by atoms with Crippen LogP contribution in [0.15, 0.2) is 67.0 Å². The van der Waals surface area contributed by atoms with Gasteiger partial charge in [-0.3, -0.25) is 24.2 Å². The lowest BCUT2D eigenvalue weighted by atomic mass is 9.99. The van der Waals surface area contributed by atoms with E-state index < -0.39 is 47.5 Å². The van der Waals surface area contributed by atoms with Crippen LogP contribution < -0.4 is 20.7 Å². The minimum absolute atomic E-state index is 0.156. The van der Waals surface area contributed by atoms with Crippen LogP contribution in [0.2, 0.25) is 0 Å². The SMILES string of the molecule is CC[C@H](NC(=O)COc1cccc2cnccc12)C(=O)N[C@@H](Cc1ccccc1)[C@H](O)C(=O)N1CSC[C@H]1C(=O)NC(C)(C)C. The van der Waals surface area contributed by atoms with Crippen LogP contribution in [-0.2, 0) is 25.6 Å². The van der Waals surface area contributed by atoms with Crippen molar-refractivity contribution in [2.24, 2.45) is 0 Å². The number of hydrogen-bond donors (Lipinski definition) is 4. The molecule has 0 aliphatic carbocycles. The molecule has 2 heterocycles. The molecule has 45 heavy (non-hydrogen) atoms. The number of hydrogen-bond acceptors (Lipinski definition) is 8. The van der Waals surface area contributed by atoms with Gasteiger partial charge in [-0.1, -0.05) is 49.4 Å². The maximum absolute atomic E-state index is 13.6. The van der Waals surface area contributed by atoms with Gasteiger partial charge in [0.15, 0.2) is 12.7 Å². The van der Waals surface area contributed by atoms with Gasteiger partial charge < -0.3 is 30.7 Å². The highest BCUT2D eigenvalue weighted by molar-refractivity contribution is 7.99. The molecule has 0 bridgehead atoms. The van der Waals surface area contributed by atoms with Crippen LogP contribution in [0.25, 0.3) is 10.8 Å². The Morgan fingerprint density at radius 2 is 1.82 bits per heavy atom. The Labute approximate surface area is 267 Å². The normalized spacial score (nSPS) is 16.8. The Balaban J connectivity index is 1.44. The van der Waals surface area contributed by atoms with Gasteiger partial charge in [-0.05, 0) is 51.3 Å². The van der Waals surface area contributed by atoms with Crippen molar-refractivity contribution < 1.29 is 29.0 Å². The van der Waals surface area contributed by atoms with Crippen molar-refractivity contribution in [1.29, 1.82) is 0 Å². The molecule has 1 aliphatic heterocycles. The van der Waals surface area contributed by atoms with Gasteiger partial charge in [0.25, 0.3) is 11.8 Å². The monoisotopic (exact) mass is 635 g/mol. The summed E-state index contributed by atoms with van der Waals surface area (Å²) in [7, 11) is 0. The molecule has 1 saturated heterocycles. The molecule has 0 spiro atoms. The highest BCUT2D eigenvalue weighted by atomic mass is 32.2. The third-order valence-corrected chi connectivity index (χ3v) is 8.30. The molecular weight excluding hydrogens is 594 g/mol. The second-order valence-electron chi connectivity index (χ2n) is 12.0. The van der Waals surface area contributed by atoms with Gasteiger partial charge >= 0.3 is 0 Å². The lowest BCUT2D eigenvalue weighted by Crippen LogP contribution is -2.59. The van der Waals surface area contributed by atoms with Crippen molar-refractivity contribution in [2.75, 3.05) is 18.2 Å². The minimum Gasteiger partial charge on any atom is -0.483 e. The minimum atomic E-state index is -1.63. The van der Waals surface area contributed by atoms with E-state index in [0.29, 0.717) is 11.5 Å². The molecule has 1 fully saturated rings. The lowest BCUT2D eigenvalue weighted by Gasteiger charge is -2.32. The molecule has 2 aromatic carbocycles. The first-order chi connectivity index (χ1) is 21.5. The second kappa shape index (κ2) is 15.2. The van der Waals surface area contributed by atoms with Crippen molar-refractivity contribution in [3.63, 3.8) is 0 Å². The number of nitrogens with one attached hydrogen (secondary N) is 3. The number of aliphatic hydroxyl groups excluding tert-OH is 1. The molecule has 0 unspecified atom stereocenters. The number of amides is 4. The first-order valence-corrected chi connectivity index (χ1v) is 16.1. The van der Waals surface area contributed by atoms with Gasteiger partial charge in [0.05, 0.1) is 11.9 Å². The summed E-state index contributed by atoms with van der Waals surface area (Å²) in [6, 6.07) is 13.7. The summed E-state index contributed by atoms with van der Waals surface area (Å²) in [4.78, 5) is 58.3. The number of fused-ring (bicyclic) bond motifs is 1. The summed E-state index contributed by atoms with van der Waals surface area (Å²) < 4.78 is 5.76. The van der Waals surface area contributed by atoms with Crippen LogP contribution in [-0.4, -0.2) is 86.6 Å². The van der Waals surface area contributed by atoms with E-state index in [-0.39, 0.29) is 31.2 Å². The number of benzene rings is 2. The van der Waals surface area contributed by atoms with Crippen LogP contribution in [0.3, 0.4) is 0 Å². The summed E-state index contributed by atoms with van der Waals surface area (Å²) >= 11 is 1.42. The van der Waals surface area contributed by atoms with Gasteiger partial charge in [-0.25, -0.2) is 0 Å². The van der Waals surface area contributed by atoms with Crippen LogP contribution in [0.5, 0.6) is 5.75 Å². The van der Waals surface area contributed by atoms with Gasteiger partial charge in [0, 0.05) is 34.5 Å². The topological polar surface area (TPSA) is 150 Å². The number of aromatic nitrogens is 1. The van der Waals surface area contributed by atoms with Crippen molar-refractivity contribution in [1.82, 2.24) is 25.8 Å². The number of thioether (sulfide) groups is 1. The van der Waals surface area contributed by atoms with E-state index in [9.17, 15) is 24.3 Å². The average molecular weight is 636 g/mol. The molecule has 0 saturated carbocycles. The standard InChI is InChI=1S/C33H41N5O6S/c1-5-24(35-28(39)18-44-27-13-9-12-22-17-34-15-14-23(22)27)30(41)36-25(16-21-10-7-6-8-11-21)29(40)32(43)38-20-45-19-26(38)31(42)37-33(2,3)4/h6-15,17,24-26,29,40H,5,16,18-20H2,1-4H3,(H,35,39)(H,36,41)(H,37,42)/t24-,25-,26-,29-/m0/s1. The molecule has 4 N–H and O–H groups in total. The molecule has 1 aromatic heterocycles. The molecule has 4 rings (SSSR count). The summed E-state index contributed by atoms with van der Waals surface area (Å²) in [6.07, 6.45) is 2.13. The Morgan fingerprint density at radius 1 is 1.07 bits per heavy atom. The van der Waals surface area contributed by atoms with E-state index >= 15 is 0 Å². The van der Waals surface area contributed by atoms with Gasteiger partial charge in [0.2, 0.25) is 11.8 Å². The Bertz CT molecular complexity index is 1490. The summed E-state index contributed by atoms with van der Waals surface area (Å²) in [5.41, 5.74) is 0.307. The van der Waals surface area contributed by atoms with Crippen molar-refractivity contribution >= 4 is 46.2 Å². The zero-order chi connectivity index (χ0) is 32.6. The van der Waals surface area contributed by atoms with Gasteiger partial charge in [0.1, 0.15) is 17.8 Å². The predicted octanol–water partition coefficient (Wildman–Crippen LogP) is 2.41. The van der Waals surface area contributed by atoms with E-state index in [1.54, 1.807) is 37.5 Å². The van der Waals surface area contributed by atoms with Crippen LogP contribution in [0.1, 0.15) is 39.7 Å². The fourth-order valence-electron chi connectivity index (χ4n) is 5.02. The molecule has 0 radical (unpaired) electrons. The predicted molar refractivity (Wildman–Crippen MR) is 173 cm³/mol. The number of ether oxygens (including phenoxy) is 1. The number of carbonyl (C=O) groups excluding carboxylic acids is 4. The van der Waals surface area contributed by atoms with Crippen LogP contribution in [0, 0.1) is 0 Å². The van der Waals surface area contributed by atoms with Crippen molar-refractivity contribution in [3.05, 3.63) is 72.6 Å². The molecule has 4 atom stereocenters. The molecule has 1 aliphatic rings. The molecule has 240 valence electrons. The summed E-state index contributed by atoms with van der Waals surface area (Å²) in [5.74, 6) is -0.836. The van der Waals surface area contributed by atoms with E-state index in [1.165, 1.54) is 16.7 Å². The lowest BCUT2D eigenvalue weighted by molar-refractivity contribution is -0.147. The van der Waals surface area contributed by atoms with Crippen LogP contribution in [0.4, 0.5) is 0 Å². The van der Waals surface area contributed by atoms with Gasteiger partial charge in [-0.15, -0.1) is 11.8 Å². The fourth-order valence-corrected chi connectivity index (χ4v) is 6.18. The summed E-state index contributed by atoms with van der Waals surface area (Å²) in [5, 5.41) is 21.4. The smallest absolute Gasteiger partial charge is 0.258 e. The zero-order valence-corrected chi connectivity index (χ0v) is 26.8. The molecule has 11 nitrogen and oxygen atoms in total. The Morgan fingerprint density at radius 3 is 2.53 bits per heavy atom. The second-order valence-corrected chi connectivity index (χ2v) is 13.0. The maximum Gasteiger partial charge on any atom is 0.258 e. The molecular formula is C33H41N5O6S. The third-order valence-electron chi connectivity index (χ3n) is 7.29. The van der Waals surface area contributed by atoms with E-state index in [4.69, 9.17) is 4.74 Å². The molecule has 4 amide bonds. The number of carbonyl (C=O) groups is 4. The average Bonchev–Trinajstić information content (AvgIpc) is 3.51. The van der Waals surface area contributed by atoms with Crippen LogP contribution >= 0.6 is 11.8 Å². The Kier molecular flexibility index (Phi) is 11.4. The highest BCUT2D eigenvalue weighted by Gasteiger charge is 2.41. The maximum atomic E-state index is 13.6. The number of pyridine rings is 1. The van der Waals surface area contributed by atoms with Crippen molar-refractivity contribution in [3.8, 4) is 5.75 Å². The largest absolute Gasteiger partial charge is 0.483 e. The zero-order valence-electron chi connectivity index (χ0n) is 26.0. The third kappa shape index (κ3) is 9.18. The Hall–Kier alpha value is -4.16. The molecule has 3 aromatic rings. The summed E-state index contributed by atoms with van der Waals surface area (Å²) in [6.45, 7) is 7.00. The fraction of sp³-hybridized carbons (Fsp3) is 0.424. The number of aliphatic hydroxyl groups is 1. The first kappa shape index (κ1) is 33.7. The number of nitrogens with zero attached hydrogens (tertiary/aromatic N) is 2.